The number of aliphatic carboxylic acids is 1. The first-order chi connectivity index (χ1) is 11.7. The summed E-state index contributed by atoms with van der Waals surface area (Å²) in [4.78, 5) is 36.2. The van der Waals surface area contributed by atoms with Gasteiger partial charge in [-0.05, 0) is 25.2 Å². The van der Waals surface area contributed by atoms with Crippen molar-refractivity contribution in [2.75, 3.05) is 13.1 Å². The maximum absolute atomic E-state index is 12.0. The Labute approximate surface area is 142 Å². The number of fused-ring (bicyclic) bond motifs is 1. The standard InChI is InChI=1S/C15H22F3N3O4/c16-15(17,18)8-19-14(25)20-12(22)5-6-21-10-4-2-1-3-9(10)7-11(21)13(23)24/h9-11H,1-8H2,(H,23,24)(H2,19,20,22,25). The van der Waals surface area contributed by atoms with Gasteiger partial charge in [0.15, 0.2) is 0 Å². The summed E-state index contributed by atoms with van der Waals surface area (Å²) < 4.78 is 36.0. The van der Waals surface area contributed by atoms with Crippen LogP contribution in [0.2, 0.25) is 0 Å². The molecule has 0 bridgehead atoms. The van der Waals surface area contributed by atoms with E-state index in [0.29, 0.717) is 12.3 Å². The number of likely N-dealkylation sites (tertiary alicyclic amines) is 1. The first-order valence-corrected chi connectivity index (χ1v) is 8.30. The lowest BCUT2D eigenvalue weighted by Gasteiger charge is -2.32. The minimum absolute atomic E-state index is 0.113. The summed E-state index contributed by atoms with van der Waals surface area (Å²) in [5, 5.41) is 12.8. The molecular formula is C15H22F3N3O4. The minimum Gasteiger partial charge on any atom is -0.480 e. The lowest BCUT2D eigenvalue weighted by Crippen LogP contribution is -2.46. The van der Waals surface area contributed by atoms with Crippen LogP contribution in [0, 0.1) is 5.92 Å². The summed E-state index contributed by atoms with van der Waals surface area (Å²) in [5.74, 6) is -1.37. The van der Waals surface area contributed by atoms with Crippen LogP contribution in [0.4, 0.5) is 18.0 Å². The van der Waals surface area contributed by atoms with Gasteiger partial charge in [-0.15, -0.1) is 0 Å². The number of nitrogens with zero attached hydrogens (tertiary/aromatic N) is 1. The predicted octanol–water partition coefficient (Wildman–Crippen LogP) is 1.48. The number of imide groups is 1. The van der Waals surface area contributed by atoms with Gasteiger partial charge in [-0.1, -0.05) is 12.8 Å². The van der Waals surface area contributed by atoms with Crippen molar-refractivity contribution in [3.8, 4) is 0 Å². The number of carboxylic acid groups (broad SMARTS) is 1. The molecule has 3 N–H and O–H groups in total. The summed E-state index contributed by atoms with van der Waals surface area (Å²) in [6, 6.07) is -1.75. The molecule has 0 aromatic carbocycles. The van der Waals surface area contributed by atoms with E-state index in [9.17, 15) is 32.7 Å². The van der Waals surface area contributed by atoms with Gasteiger partial charge in [-0.25, -0.2) is 4.79 Å². The van der Waals surface area contributed by atoms with Crippen molar-refractivity contribution in [1.82, 2.24) is 15.5 Å². The van der Waals surface area contributed by atoms with Crippen LogP contribution in [0.5, 0.6) is 0 Å². The number of urea groups is 1. The van der Waals surface area contributed by atoms with Crippen molar-refractivity contribution in [3.05, 3.63) is 0 Å². The molecule has 3 unspecified atom stereocenters. The smallest absolute Gasteiger partial charge is 0.405 e. The molecule has 1 saturated heterocycles. The van der Waals surface area contributed by atoms with E-state index in [1.165, 1.54) is 0 Å². The zero-order valence-corrected chi connectivity index (χ0v) is 13.6. The molecule has 2 aliphatic rings. The third-order valence-electron chi connectivity index (χ3n) is 4.81. The zero-order valence-electron chi connectivity index (χ0n) is 13.6. The highest BCUT2D eigenvalue weighted by Crippen LogP contribution is 2.39. The molecule has 0 aromatic heterocycles. The number of carbonyl (C=O) groups is 3. The minimum atomic E-state index is -4.55. The van der Waals surface area contributed by atoms with E-state index in [1.807, 2.05) is 5.32 Å². The summed E-state index contributed by atoms with van der Waals surface area (Å²) in [5.41, 5.74) is 0. The lowest BCUT2D eigenvalue weighted by molar-refractivity contribution is -0.143. The van der Waals surface area contributed by atoms with E-state index in [2.05, 4.69) is 0 Å². The van der Waals surface area contributed by atoms with Crippen molar-refractivity contribution in [2.45, 2.75) is 56.8 Å². The molecule has 10 heteroatoms. The number of amides is 3. The van der Waals surface area contributed by atoms with Gasteiger partial charge in [0, 0.05) is 19.0 Å². The number of halogens is 3. The van der Waals surface area contributed by atoms with Crippen molar-refractivity contribution in [1.29, 1.82) is 0 Å². The Morgan fingerprint density at radius 2 is 1.84 bits per heavy atom. The Bertz CT molecular complexity index is 527. The quantitative estimate of drug-likeness (QED) is 0.686. The number of hydrogen-bond donors (Lipinski definition) is 3. The van der Waals surface area contributed by atoms with Crippen LogP contribution in [-0.2, 0) is 9.59 Å². The van der Waals surface area contributed by atoms with Gasteiger partial charge in [0.2, 0.25) is 5.91 Å². The molecule has 2 rings (SSSR count). The van der Waals surface area contributed by atoms with Crippen LogP contribution < -0.4 is 10.6 Å². The van der Waals surface area contributed by atoms with Crippen LogP contribution in [0.1, 0.15) is 38.5 Å². The van der Waals surface area contributed by atoms with Crippen molar-refractivity contribution in [2.24, 2.45) is 5.92 Å². The van der Waals surface area contributed by atoms with E-state index >= 15 is 0 Å². The molecule has 0 aromatic rings. The molecule has 1 heterocycles. The number of alkyl halides is 3. The number of carbonyl (C=O) groups excluding carboxylic acids is 2. The lowest BCUT2D eigenvalue weighted by atomic mass is 9.85. The van der Waals surface area contributed by atoms with Crippen molar-refractivity contribution < 1.29 is 32.7 Å². The Balaban J connectivity index is 1.82. The fourth-order valence-corrected chi connectivity index (χ4v) is 3.76. The largest absolute Gasteiger partial charge is 0.480 e. The molecule has 25 heavy (non-hydrogen) atoms. The van der Waals surface area contributed by atoms with Gasteiger partial charge < -0.3 is 10.4 Å². The average Bonchev–Trinajstić information content (AvgIpc) is 2.89. The zero-order chi connectivity index (χ0) is 18.6. The number of carboxylic acids is 1. The molecule has 3 amide bonds. The molecule has 0 radical (unpaired) electrons. The fourth-order valence-electron chi connectivity index (χ4n) is 3.76. The van der Waals surface area contributed by atoms with Gasteiger partial charge >= 0.3 is 18.2 Å². The van der Waals surface area contributed by atoms with Crippen LogP contribution in [0.3, 0.4) is 0 Å². The molecule has 142 valence electrons. The molecule has 2 fully saturated rings. The van der Waals surface area contributed by atoms with Gasteiger partial charge in [-0.2, -0.15) is 13.2 Å². The highest BCUT2D eigenvalue weighted by atomic mass is 19.4. The van der Waals surface area contributed by atoms with Gasteiger partial charge in [0.05, 0.1) is 0 Å². The van der Waals surface area contributed by atoms with Crippen LogP contribution in [0.15, 0.2) is 0 Å². The Kier molecular flexibility index (Phi) is 6.26. The molecule has 1 aliphatic heterocycles. The van der Waals surface area contributed by atoms with Gasteiger partial charge in [0.1, 0.15) is 12.6 Å². The number of hydrogen-bond acceptors (Lipinski definition) is 4. The van der Waals surface area contributed by atoms with Crippen LogP contribution in [-0.4, -0.2) is 59.3 Å². The summed E-state index contributed by atoms with van der Waals surface area (Å²) in [6.07, 6.45) is -0.225. The van der Waals surface area contributed by atoms with Crippen LogP contribution >= 0.6 is 0 Å². The predicted molar refractivity (Wildman–Crippen MR) is 80.7 cm³/mol. The van der Waals surface area contributed by atoms with Gasteiger partial charge in [0.25, 0.3) is 0 Å². The monoisotopic (exact) mass is 365 g/mol. The summed E-state index contributed by atoms with van der Waals surface area (Å²) >= 11 is 0. The molecule has 3 atom stereocenters. The van der Waals surface area contributed by atoms with E-state index in [-0.39, 0.29) is 19.0 Å². The Morgan fingerprint density at radius 1 is 1.16 bits per heavy atom. The molecular weight excluding hydrogens is 343 g/mol. The van der Waals surface area contributed by atoms with E-state index < -0.39 is 36.7 Å². The van der Waals surface area contributed by atoms with E-state index in [1.54, 1.807) is 10.2 Å². The maximum Gasteiger partial charge on any atom is 0.405 e. The Hall–Kier alpha value is -1.84. The molecule has 7 nitrogen and oxygen atoms in total. The van der Waals surface area contributed by atoms with Crippen LogP contribution in [0.25, 0.3) is 0 Å². The van der Waals surface area contributed by atoms with Crippen molar-refractivity contribution in [3.63, 3.8) is 0 Å². The topological polar surface area (TPSA) is 98.7 Å². The third-order valence-corrected chi connectivity index (χ3v) is 4.81. The molecule has 1 aliphatic carbocycles. The first-order valence-electron chi connectivity index (χ1n) is 8.30. The summed E-state index contributed by atoms with van der Waals surface area (Å²) in [7, 11) is 0. The normalized spacial score (nSPS) is 26.8. The number of nitrogens with one attached hydrogen (secondary N) is 2. The number of rotatable bonds is 5. The van der Waals surface area contributed by atoms with E-state index in [0.717, 1.165) is 25.7 Å². The maximum atomic E-state index is 12.0. The second-order valence-electron chi connectivity index (χ2n) is 6.54. The Morgan fingerprint density at radius 3 is 2.48 bits per heavy atom. The average molecular weight is 365 g/mol. The highest BCUT2D eigenvalue weighted by Gasteiger charge is 2.44. The summed E-state index contributed by atoms with van der Waals surface area (Å²) in [6.45, 7) is -1.36. The molecule has 1 saturated carbocycles. The van der Waals surface area contributed by atoms with Crippen molar-refractivity contribution >= 4 is 17.9 Å². The van der Waals surface area contributed by atoms with E-state index in [4.69, 9.17) is 0 Å². The van der Waals surface area contributed by atoms with Gasteiger partial charge in [-0.3, -0.25) is 19.8 Å². The SMILES string of the molecule is O=C(CCN1C(C(=O)O)CC2CCCCC21)NC(=O)NCC(F)(F)F. The second kappa shape index (κ2) is 8.03. The molecule has 0 spiro atoms. The fraction of sp³-hybridized carbons (Fsp3) is 0.800. The first kappa shape index (κ1) is 19.5. The third kappa shape index (κ3) is 5.58. The second-order valence-corrected chi connectivity index (χ2v) is 6.54. The highest BCUT2D eigenvalue weighted by molar-refractivity contribution is 5.94.